The number of hydrogen-bond acceptors (Lipinski definition) is 4. The molecule has 1 atom stereocenters. The second kappa shape index (κ2) is 4.03. The summed E-state index contributed by atoms with van der Waals surface area (Å²) < 4.78 is 4.63. The number of carbonyl (C=O) groups excluding carboxylic acids is 1. The van der Waals surface area contributed by atoms with E-state index in [1.165, 1.54) is 7.11 Å². The van der Waals surface area contributed by atoms with Gasteiger partial charge in [-0.2, -0.15) is 5.26 Å². The number of rotatable bonds is 1. The van der Waals surface area contributed by atoms with E-state index in [1.54, 1.807) is 0 Å². The van der Waals surface area contributed by atoms with Gasteiger partial charge in [-0.25, -0.2) is 4.79 Å². The molecule has 0 aromatic rings. The summed E-state index contributed by atoms with van der Waals surface area (Å²) >= 11 is 0. The normalized spacial score (nSPS) is 28.4. The Morgan fingerprint density at radius 1 is 1.60 bits per heavy atom. The molecule has 2 saturated heterocycles. The maximum atomic E-state index is 11.4. The van der Waals surface area contributed by atoms with Gasteiger partial charge in [0.15, 0.2) is 0 Å². The van der Waals surface area contributed by atoms with Gasteiger partial charge < -0.3 is 4.74 Å². The zero-order valence-electron chi connectivity index (χ0n) is 8.82. The van der Waals surface area contributed by atoms with Crippen molar-refractivity contribution in [3.05, 3.63) is 11.1 Å². The molecule has 0 N–H and O–H groups in total. The summed E-state index contributed by atoms with van der Waals surface area (Å²) in [5, 5.41) is 8.98. The van der Waals surface area contributed by atoms with E-state index < -0.39 is 5.97 Å². The van der Waals surface area contributed by atoms with Crippen LogP contribution in [-0.4, -0.2) is 37.1 Å². The van der Waals surface area contributed by atoms with E-state index >= 15 is 0 Å². The lowest BCUT2D eigenvalue weighted by atomic mass is 10.00. The molecule has 0 aliphatic carbocycles. The Balaban J connectivity index is 2.31. The van der Waals surface area contributed by atoms with Gasteiger partial charge >= 0.3 is 5.97 Å². The van der Waals surface area contributed by atoms with Gasteiger partial charge in [0.1, 0.15) is 11.6 Å². The highest BCUT2D eigenvalue weighted by Gasteiger charge is 2.36. The van der Waals surface area contributed by atoms with Crippen LogP contribution < -0.4 is 0 Å². The molecule has 15 heavy (non-hydrogen) atoms. The highest BCUT2D eigenvalue weighted by atomic mass is 16.5. The van der Waals surface area contributed by atoms with Crippen LogP contribution in [0.2, 0.25) is 0 Å². The zero-order chi connectivity index (χ0) is 10.8. The van der Waals surface area contributed by atoms with Crippen LogP contribution in [0.15, 0.2) is 11.1 Å². The topological polar surface area (TPSA) is 53.3 Å². The molecule has 0 aromatic carbocycles. The number of carbonyl (C=O) groups is 1. The molecule has 2 aliphatic rings. The summed E-state index contributed by atoms with van der Waals surface area (Å²) in [6.07, 6.45) is 3.06. The Bertz CT molecular complexity index is 354. The molecule has 4 heteroatoms. The van der Waals surface area contributed by atoms with E-state index in [9.17, 15) is 4.79 Å². The first-order chi connectivity index (χ1) is 7.27. The quantitative estimate of drug-likeness (QED) is 0.362. The molecule has 2 fully saturated rings. The molecule has 0 aromatic heterocycles. The first-order valence-electron chi connectivity index (χ1n) is 5.23. The Morgan fingerprint density at radius 2 is 2.40 bits per heavy atom. The van der Waals surface area contributed by atoms with Gasteiger partial charge in [0.05, 0.1) is 7.11 Å². The molecule has 1 unspecified atom stereocenters. The number of methoxy groups -OCH3 is 1. The minimum atomic E-state index is -0.485. The van der Waals surface area contributed by atoms with Crippen LogP contribution >= 0.6 is 0 Å². The maximum Gasteiger partial charge on any atom is 0.348 e. The molecule has 2 rings (SSSR count). The third-order valence-corrected chi connectivity index (χ3v) is 3.26. The Labute approximate surface area is 89.1 Å². The molecule has 2 heterocycles. The molecule has 80 valence electrons. The van der Waals surface area contributed by atoms with Crippen LogP contribution in [0.5, 0.6) is 0 Å². The van der Waals surface area contributed by atoms with Crippen molar-refractivity contribution in [3.63, 3.8) is 0 Å². The smallest absolute Gasteiger partial charge is 0.348 e. The average molecular weight is 206 g/mol. The number of hydrogen-bond donors (Lipinski definition) is 0. The van der Waals surface area contributed by atoms with Gasteiger partial charge in [-0.3, -0.25) is 4.90 Å². The molecule has 4 nitrogen and oxygen atoms in total. The molecular weight excluding hydrogens is 192 g/mol. The van der Waals surface area contributed by atoms with Gasteiger partial charge in [-0.1, -0.05) is 0 Å². The van der Waals surface area contributed by atoms with E-state index in [1.807, 2.05) is 6.07 Å². The summed E-state index contributed by atoms with van der Waals surface area (Å²) in [7, 11) is 1.32. The van der Waals surface area contributed by atoms with E-state index in [2.05, 4.69) is 9.64 Å². The molecule has 0 bridgehead atoms. The molecule has 0 radical (unpaired) electrons. The zero-order valence-corrected chi connectivity index (χ0v) is 8.82. The van der Waals surface area contributed by atoms with E-state index in [0.717, 1.165) is 37.9 Å². The minimum Gasteiger partial charge on any atom is -0.465 e. The van der Waals surface area contributed by atoms with Crippen molar-refractivity contribution < 1.29 is 9.53 Å². The molecule has 0 saturated carbocycles. The van der Waals surface area contributed by atoms with Crippen molar-refractivity contribution in [3.8, 4) is 6.07 Å². The molecular formula is C11H14N2O2. The van der Waals surface area contributed by atoms with Crippen molar-refractivity contribution in [2.24, 2.45) is 0 Å². The van der Waals surface area contributed by atoms with Crippen molar-refractivity contribution >= 4 is 5.97 Å². The maximum absolute atomic E-state index is 11.4. The van der Waals surface area contributed by atoms with Crippen LogP contribution in [0.1, 0.15) is 19.3 Å². The fourth-order valence-electron chi connectivity index (χ4n) is 2.56. The van der Waals surface area contributed by atoms with Crippen LogP contribution in [-0.2, 0) is 9.53 Å². The monoisotopic (exact) mass is 206 g/mol. The SMILES string of the molecule is COC(=O)/C(C#N)=C1/CCN2CCCC12. The number of nitriles is 1. The number of esters is 1. The van der Waals surface area contributed by atoms with Crippen LogP contribution in [0, 0.1) is 11.3 Å². The lowest BCUT2D eigenvalue weighted by Crippen LogP contribution is -2.23. The summed E-state index contributed by atoms with van der Waals surface area (Å²) in [4.78, 5) is 13.7. The van der Waals surface area contributed by atoms with Gasteiger partial charge in [0.25, 0.3) is 0 Å². The van der Waals surface area contributed by atoms with Crippen molar-refractivity contribution in [2.75, 3.05) is 20.2 Å². The van der Waals surface area contributed by atoms with Crippen LogP contribution in [0.25, 0.3) is 0 Å². The molecule has 0 amide bonds. The summed E-state index contributed by atoms with van der Waals surface area (Å²) in [5.41, 5.74) is 1.22. The largest absolute Gasteiger partial charge is 0.465 e. The summed E-state index contributed by atoms with van der Waals surface area (Å²) in [6.45, 7) is 2.07. The second-order valence-corrected chi connectivity index (χ2v) is 3.95. The van der Waals surface area contributed by atoms with Crippen molar-refractivity contribution in [2.45, 2.75) is 25.3 Å². The Morgan fingerprint density at radius 3 is 3.07 bits per heavy atom. The Kier molecular flexibility index (Phi) is 2.74. The number of ether oxygens (including phenoxy) is 1. The number of fused-ring (bicyclic) bond motifs is 1. The van der Waals surface area contributed by atoms with Gasteiger partial charge in [-0.15, -0.1) is 0 Å². The summed E-state index contributed by atoms with van der Waals surface area (Å²) in [6, 6.07) is 2.30. The highest BCUT2D eigenvalue weighted by Crippen LogP contribution is 2.34. The fraction of sp³-hybridized carbons (Fsp3) is 0.636. The first kappa shape index (κ1) is 10.2. The van der Waals surface area contributed by atoms with Crippen molar-refractivity contribution in [1.29, 1.82) is 5.26 Å². The van der Waals surface area contributed by atoms with Gasteiger partial charge in [0.2, 0.25) is 0 Å². The predicted octanol–water partition coefficient (Wildman–Crippen LogP) is 0.848. The van der Waals surface area contributed by atoms with Gasteiger partial charge in [-0.05, 0) is 31.4 Å². The van der Waals surface area contributed by atoms with Crippen LogP contribution in [0.3, 0.4) is 0 Å². The second-order valence-electron chi connectivity index (χ2n) is 3.95. The first-order valence-corrected chi connectivity index (χ1v) is 5.23. The highest BCUT2D eigenvalue weighted by molar-refractivity contribution is 5.93. The number of nitrogens with zero attached hydrogens (tertiary/aromatic N) is 2. The van der Waals surface area contributed by atoms with E-state index in [0.29, 0.717) is 6.04 Å². The Hall–Kier alpha value is -1.34. The fourth-order valence-corrected chi connectivity index (χ4v) is 2.56. The van der Waals surface area contributed by atoms with Gasteiger partial charge in [0, 0.05) is 12.6 Å². The molecule has 2 aliphatic heterocycles. The van der Waals surface area contributed by atoms with Crippen molar-refractivity contribution in [1.82, 2.24) is 4.90 Å². The standard InChI is InChI=1S/C11H14N2O2/c1-15-11(14)9(7-12)8-4-6-13-5-2-3-10(8)13/h10H,2-6H2,1H3/b9-8-. The predicted molar refractivity (Wildman–Crippen MR) is 53.9 cm³/mol. The van der Waals surface area contributed by atoms with E-state index in [4.69, 9.17) is 5.26 Å². The third kappa shape index (κ3) is 1.64. The molecule has 0 spiro atoms. The van der Waals surface area contributed by atoms with E-state index in [-0.39, 0.29) is 5.57 Å². The minimum absolute atomic E-state index is 0.229. The lowest BCUT2D eigenvalue weighted by molar-refractivity contribution is -0.135. The third-order valence-electron chi connectivity index (χ3n) is 3.26. The summed E-state index contributed by atoms with van der Waals surface area (Å²) in [5.74, 6) is -0.485. The average Bonchev–Trinajstić information content (AvgIpc) is 2.82. The van der Waals surface area contributed by atoms with Crippen LogP contribution in [0.4, 0.5) is 0 Å². The lowest BCUT2D eigenvalue weighted by Gasteiger charge is -2.14.